The Balaban J connectivity index is 2.05. The molecule has 2 N–H and O–H groups in total. The third-order valence-electron chi connectivity index (χ3n) is 2.91. The van der Waals surface area contributed by atoms with Gasteiger partial charge in [-0.15, -0.1) is 0 Å². The molecule has 0 aliphatic heterocycles. The lowest BCUT2D eigenvalue weighted by atomic mass is 10.1. The van der Waals surface area contributed by atoms with Crippen LogP contribution in [0.5, 0.6) is 0 Å². The molecule has 0 amide bonds. The second kappa shape index (κ2) is 4.46. The molecule has 3 aromatic rings. The number of imidazole rings is 1. The fourth-order valence-electron chi connectivity index (χ4n) is 2.00. The number of benzene rings is 1. The maximum absolute atomic E-state index is 6.14. The summed E-state index contributed by atoms with van der Waals surface area (Å²) in [7, 11) is 0. The smallest absolute Gasteiger partial charge is 0.138 e. The minimum Gasteiger partial charge on any atom is -0.383 e. The van der Waals surface area contributed by atoms with E-state index in [-0.39, 0.29) is 0 Å². The summed E-state index contributed by atoms with van der Waals surface area (Å²) in [5.41, 5.74) is 9.14. The lowest BCUT2D eigenvalue weighted by Crippen LogP contribution is -1.97. The molecule has 4 heteroatoms. The van der Waals surface area contributed by atoms with Gasteiger partial charge in [0.15, 0.2) is 0 Å². The van der Waals surface area contributed by atoms with Crippen LogP contribution >= 0.6 is 15.9 Å². The molecule has 18 heavy (non-hydrogen) atoms. The molecule has 0 fully saturated rings. The van der Waals surface area contributed by atoms with Crippen molar-refractivity contribution in [2.75, 3.05) is 5.73 Å². The fraction of sp³-hybridized carbons (Fsp3) is 0.0714. The molecule has 0 unspecified atom stereocenters. The third-order valence-corrected chi connectivity index (χ3v) is 3.38. The van der Waals surface area contributed by atoms with Gasteiger partial charge < -0.3 is 5.73 Å². The van der Waals surface area contributed by atoms with Crippen molar-refractivity contribution in [1.82, 2.24) is 9.38 Å². The highest BCUT2D eigenvalue weighted by molar-refractivity contribution is 9.10. The number of rotatable bonds is 2. The van der Waals surface area contributed by atoms with Gasteiger partial charge in [-0.3, -0.25) is 4.40 Å². The Morgan fingerprint density at radius 3 is 2.67 bits per heavy atom. The van der Waals surface area contributed by atoms with Crippen molar-refractivity contribution in [3.8, 4) is 0 Å². The quantitative estimate of drug-likeness (QED) is 0.789. The molecule has 0 bridgehead atoms. The Bertz CT molecular complexity index is 689. The molecule has 3 rings (SSSR count). The number of fused-ring (bicyclic) bond motifs is 1. The Hall–Kier alpha value is -1.81. The fourth-order valence-corrected chi connectivity index (χ4v) is 2.34. The predicted molar refractivity (Wildman–Crippen MR) is 76.6 cm³/mol. The SMILES string of the molecule is Nc1c(Cc2ccccc2)nc2ccc(Br)cn12. The highest BCUT2D eigenvalue weighted by Gasteiger charge is 2.09. The van der Waals surface area contributed by atoms with Gasteiger partial charge in [0.2, 0.25) is 0 Å². The van der Waals surface area contributed by atoms with Gasteiger partial charge in [0.1, 0.15) is 11.5 Å². The molecule has 0 aliphatic carbocycles. The lowest BCUT2D eigenvalue weighted by molar-refractivity contribution is 1.12. The van der Waals surface area contributed by atoms with E-state index < -0.39 is 0 Å². The molecular formula is C14H12BrN3. The van der Waals surface area contributed by atoms with Gasteiger partial charge in [-0.05, 0) is 33.6 Å². The van der Waals surface area contributed by atoms with Crippen LogP contribution in [-0.4, -0.2) is 9.38 Å². The van der Waals surface area contributed by atoms with Gasteiger partial charge in [0.25, 0.3) is 0 Å². The zero-order valence-corrected chi connectivity index (χ0v) is 11.3. The molecule has 0 saturated carbocycles. The minimum atomic E-state index is 0.704. The molecule has 3 nitrogen and oxygen atoms in total. The van der Waals surface area contributed by atoms with E-state index in [2.05, 4.69) is 33.0 Å². The molecule has 0 atom stereocenters. The number of pyridine rings is 1. The number of halogens is 1. The summed E-state index contributed by atoms with van der Waals surface area (Å²) in [6, 6.07) is 14.1. The number of hydrogen-bond acceptors (Lipinski definition) is 2. The first-order valence-corrected chi connectivity index (χ1v) is 6.49. The first kappa shape index (κ1) is 11.3. The zero-order valence-electron chi connectivity index (χ0n) is 9.68. The third kappa shape index (κ3) is 1.99. The van der Waals surface area contributed by atoms with Gasteiger partial charge in [0, 0.05) is 17.1 Å². The van der Waals surface area contributed by atoms with Crippen molar-refractivity contribution >= 4 is 27.4 Å². The number of nitrogens with two attached hydrogens (primary N) is 1. The van der Waals surface area contributed by atoms with Gasteiger partial charge in [0.05, 0.1) is 5.69 Å². The molecule has 90 valence electrons. The molecular weight excluding hydrogens is 290 g/mol. The summed E-state index contributed by atoms with van der Waals surface area (Å²) in [6.07, 6.45) is 2.69. The largest absolute Gasteiger partial charge is 0.383 e. The Labute approximate surface area is 113 Å². The lowest BCUT2D eigenvalue weighted by Gasteiger charge is -2.00. The van der Waals surface area contributed by atoms with Crippen molar-refractivity contribution in [2.45, 2.75) is 6.42 Å². The molecule has 0 radical (unpaired) electrons. The summed E-state index contributed by atoms with van der Waals surface area (Å²) in [6.45, 7) is 0. The summed E-state index contributed by atoms with van der Waals surface area (Å²) in [5, 5.41) is 0. The predicted octanol–water partition coefficient (Wildman–Crippen LogP) is 3.27. The first-order chi connectivity index (χ1) is 8.74. The van der Waals surface area contributed by atoms with Crippen molar-refractivity contribution in [2.24, 2.45) is 0 Å². The molecule has 0 saturated heterocycles. The van der Waals surface area contributed by atoms with Gasteiger partial charge in [-0.2, -0.15) is 0 Å². The monoisotopic (exact) mass is 301 g/mol. The standard InChI is InChI=1S/C14H12BrN3/c15-11-6-7-13-17-12(14(16)18(13)9-11)8-10-4-2-1-3-5-10/h1-7,9H,8,16H2. The van der Waals surface area contributed by atoms with Crippen LogP contribution < -0.4 is 5.73 Å². The van der Waals surface area contributed by atoms with Crippen LogP contribution in [0.25, 0.3) is 5.65 Å². The van der Waals surface area contributed by atoms with Crippen LogP contribution in [0.15, 0.2) is 53.1 Å². The number of anilines is 1. The van der Waals surface area contributed by atoms with Gasteiger partial charge in [-0.25, -0.2) is 4.98 Å². The van der Waals surface area contributed by atoms with Crippen molar-refractivity contribution in [1.29, 1.82) is 0 Å². The molecule has 2 aromatic heterocycles. The minimum absolute atomic E-state index is 0.704. The van der Waals surface area contributed by atoms with Crippen LogP contribution in [0.2, 0.25) is 0 Å². The first-order valence-electron chi connectivity index (χ1n) is 5.70. The second-order valence-corrected chi connectivity index (χ2v) is 5.10. The normalized spacial score (nSPS) is 10.9. The van der Waals surface area contributed by atoms with E-state index in [1.165, 1.54) is 5.56 Å². The van der Waals surface area contributed by atoms with Crippen LogP contribution in [0.4, 0.5) is 5.82 Å². The zero-order chi connectivity index (χ0) is 12.5. The van der Waals surface area contributed by atoms with E-state index in [1.54, 1.807) is 0 Å². The number of hydrogen-bond donors (Lipinski definition) is 1. The van der Waals surface area contributed by atoms with Crippen molar-refractivity contribution in [3.05, 3.63) is 64.4 Å². The highest BCUT2D eigenvalue weighted by atomic mass is 79.9. The van der Waals surface area contributed by atoms with Crippen LogP contribution in [0, 0.1) is 0 Å². The molecule has 0 aliphatic rings. The van der Waals surface area contributed by atoms with E-state index in [0.29, 0.717) is 5.82 Å². The maximum atomic E-state index is 6.14. The molecule has 1 aromatic carbocycles. The van der Waals surface area contributed by atoms with Crippen LogP contribution in [0.3, 0.4) is 0 Å². The van der Waals surface area contributed by atoms with Crippen molar-refractivity contribution in [3.63, 3.8) is 0 Å². The Morgan fingerprint density at radius 2 is 1.89 bits per heavy atom. The number of nitrogen functional groups attached to an aromatic ring is 1. The summed E-state index contributed by atoms with van der Waals surface area (Å²) in [4.78, 5) is 4.57. The molecule has 2 heterocycles. The average Bonchev–Trinajstić information content (AvgIpc) is 2.68. The Kier molecular flexibility index (Phi) is 2.80. The van der Waals surface area contributed by atoms with Crippen LogP contribution in [-0.2, 0) is 6.42 Å². The summed E-state index contributed by atoms with van der Waals surface area (Å²) >= 11 is 3.44. The second-order valence-electron chi connectivity index (χ2n) is 4.18. The Morgan fingerprint density at radius 1 is 1.11 bits per heavy atom. The summed E-state index contributed by atoms with van der Waals surface area (Å²) in [5.74, 6) is 0.704. The van der Waals surface area contributed by atoms with Gasteiger partial charge >= 0.3 is 0 Å². The molecule has 0 spiro atoms. The number of aromatic nitrogens is 2. The average molecular weight is 302 g/mol. The highest BCUT2D eigenvalue weighted by Crippen LogP contribution is 2.20. The van der Waals surface area contributed by atoms with Crippen molar-refractivity contribution < 1.29 is 0 Å². The maximum Gasteiger partial charge on any atom is 0.138 e. The number of nitrogens with zero attached hydrogens (tertiary/aromatic N) is 2. The van der Waals surface area contributed by atoms with E-state index in [9.17, 15) is 0 Å². The van der Waals surface area contributed by atoms with E-state index in [4.69, 9.17) is 5.73 Å². The van der Waals surface area contributed by atoms with E-state index >= 15 is 0 Å². The van der Waals surface area contributed by atoms with Gasteiger partial charge in [-0.1, -0.05) is 30.3 Å². The topological polar surface area (TPSA) is 43.3 Å². The van der Waals surface area contributed by atoms with E-state index in [0.717, 1.165) is 22.2 Å². The van der Waals surface area contributed by atoms with E-state index in [1.807, 2.05) is 40.9 Å². The van der Waals surface area contributed by atoms with Crippen LogP contribution in [0.1, 0.15) is 11.3 Å². The summed E-state index contributed by atoms with van der Waals surface area (Å²) < 4.78 is 2.90.